The van der Waals surface area contributed by atoms with Gasteiger partial charge in [-0.25, -0.2) is 0 Å². The Labute approximate surface area is 125 Å². The van der Waals surface area contributed by atoms with Gasteiger partial charge in [-0.15, -0.1) is 0 Å². The lowest BCUT2D eigenvalue weighted by atomic mass is 10.2. The van der Waals surface area contributed by atoms with Gasteiger partial charge in [-0.05, 0) is 38.0 Å². The van der Waals surface area contributed by atoms with Crippen molar-refractivity contribution in [3.63, 3.8) is 0 Å². The van der Waals surface area contributed by atoms with Crippen LogP contribution in [0.15, 0.2) is 18.2 Å². The molecule has 21 heavy (non-hydrogen) atoms. The molecule has 1 amide bonds. The number of ether oxygens (including phenoxy) is 2. The van der Waals surface area contributed by atoms with E-state index >= 15 is 0 Å². The van der Waals surface area contributed by atoms with Crippen LogP contribution in [0.1, 0.15) is 43.0 Å². The number of anilines is 1. The largest absolute Gasteiger partial charge is 0.492 e. The fourth-order valence-electron chi connectivity index (χ4n) is 2.52. The molecule has 0 atom stereocenters. The first-order valence-electron chi connectivity index (χ1n) is 7.63. The van der Waals surface area contributed by atoms with E-state index in [4.69, 9.17) is 15.2 Å². The van der Waals surface area contributed by atoms with E-state index in [-0.39, 0.29) is 5.91 Å². The quantitative estimate of drug-likeness (QED) is 0.597. The Bertz CT molecular complexity index is 471. The lowest BCUT2D eigenvalue weighted by Gasteiger charge is -2.12. The predicted molar refractivity (Wildman–Crippen MR) is 82.6 cm³/mol. The summed E-state index contributed by atoms with van der Waals surface area (Å²) in [6.45, 7) is 3.52. The topological polar surface area (TPSA) is 73.6 Å². The van der Waals surface area contributed by atoms with Crippen molar-refractivity contribution >= 4 is 11.6 Å². The van der Waals surface area contributed by atoms with Gasteiger partial charge in [0.05, 0.1) is 25.0 Å². The predicted octanol–water partition coefficient (Wildman–Crippen LogP) is 2.36. The fourth-order valence-corrected chi connectivity index (χ4v) is 2.52. The summed E-state index contributed by atoms with van der Waals surface area (Å²) < 4.78 is 11.1. The Morgan fingerprint density at radius 3 is 2.81 bits per heavy atom. The summed E-state index contributed by atoms with van der Waals surface area (Å²) in [4.78, 5) is 12.0. The first kappa shape index (κ1) is 15.6. The third kappa shape index (κ3) is 4.63. The Morgan fingerprint density at radius 1 is 1.38 bits per heavy atom. The Morgan fingerprint density at radius 2 is 2.14 bits per heavy atom. The maximum Gasteiger partial charge on any atom is 0.251 e. The molecule has 0 radical (unpaired) electrons. The molecule has 1 aromatic carbocycles. The molecule has 3 N–H and O–H groups in total. The number of nitrogens with two attached hydrogens (primary N) is 1. The molecule has 116 valence electrons. The van der Waals surface area contributed by atoms with Crippen LogP contribution in [0.5, 0.6) is 5.75 Å². The Balaban J connectivity index is 1.75. The van der Waals surface area contributed by atoms with Crippen LogP contribution < -0.4 is 15.8 Å². The highest BCUT2D eigenvalue weighted by Gasteiger charge is 2.15. The second kappa shape index (κ2) is 7.88. The zero-order chi connectivity index (χ0) is 15.1. The van der Waals surface area contributed by atoms with E-state index in [0.29, 0.717) is 42.9 Å². The van der Waals surface area contributed by atoms with E-state index in [9.17, 15) is 4.79 Å². The van der Waals surface area contributed by atoms with Crippen LogP contribution in [0.4, 0.5) is 5.69 Å². The van der Waals surface area contributed by atoms with Gasteiger partial charge < -0.3 is 20.5 Å². The van der Waals surface area contributed by atoms with Crippen molar-refractivity contribution in [2.75, 3.05) is 25.5 Å². The minimum atomic E-state index is -0.139. The van der Waals surface area contributed by atoms with Crippen LogP contribution in [0.25, 0.3) is 0 Å². The molecule has 1 aliphatic carbocycles. The number of rotatable bonds is 7. The van der Waals surface area contributed by atoms with E-state index in [2.05, 4.69) is 5.32 Å². The van der Waals surface area contributed by atoms with Crippen molar-refractivity contribution in [1.82, 2.24) is 5.32 Å². The van der Waals surface area contributed by atoms with Crippen LogP contribution >= 0.6 is 0 Å². The van der Waals surface area contributed by atoms with Gasteiger partial charge in [-0.1, -0.05) is 12.8 Å². The summed E-state index contributed by atoms with van der Waals surface area (Å²) in [6.07, 6.45) is 5.17. The van der Waals surface area contributed by atoms with Gasteiger partial charge in [-0.3, -0.25) is 4.79 Å². The van der Waals surface area contributed by atoms with E-state index < -0.39 is 0 Å². The molecule has 5 nitrogen and oxygen atoms in total. The molecule has 0 bridgehead atoms. The average Bonchev–Trinajstić information content (AvgIpc) is 2.99. The number of hydrogen-bond donors (Lipinski definition) is 2. The number of benzene rings is 1. The molecule has 0 aromatic heterocycles. The van der Waals surface area contributed by atoms with Gasteiger partial charge in [0.2, 0.25) is 0 Å². The zero-order valence-electron chi connectivity index (χ0n) is 12.6. The van der Waals surface area contributed by atoms with Crippen molar-refractivity contribution < 1.29 is 14.3 Å². The average molecular weight is 292 g/mol. The van der Waals surface area contributed by atoms with Gasteiger partial charge in [-0.2, -0.15) is 0 Å². The van der Waals surface area contributed by atoms with Crippen molar-refractivity contribution in [1.29, 1.82) is 0 Å². The second-order valence-electron chi connectivity index (χ2n) is 5.22. The second-order valence-corrected chi connectivity index (χ2v) is 5.22. The van der Waals surface area contributed by atoms with Gasteiger partial charge in [0.25, 0.3) is 5.91 Å². The lowest BCUT2D eigenvalue weighted by Crippen LogP contribution is -2.28. The third-order valence-corrected chi connectivity index (χ3v) is 3.62. The molecule has 1 aromatic rings. The molecule has 0 heterocycles. The van der Waals surface area contributed by atoms with Crippen LogP contribution in [0.3, 0.4) is 0 Å². The van der Waals surface area contributed by atoms with Crippen LogP contribution in [0.2, 0.25) is 0 Å². The smallest absolute Gasteiger partial charge is 0.251 e. The van der Waals surface area contributed by atoms with Crippen molar-refractivity contribution in [2.45, 2.75) is 38.7 Å². The molecule has 0 spiro atoms. The molecule has 1 saturated carbocycles. The summed E-state index contributed by atoms with van der Waals surface area (Å²) in [5.74, 6) is 0.471. The van der Waals surface area contributed by atoms with E-state index in [1.54, 1.807) is 18.2 Å². The maximum atomic E-state index is 12.0. The molecular weight excluding hydrogens is 268 g/mol. The van der Waals surface area contributed by atoms with Crippen LogP contribution in [0, 0.1) is 0 Å². The van der Waals surface area contributed by atoms with E-state index in [1.165, 1.54) is 12.8 Å². The lowest BCUT2D eigenvalue weighted by molar-refractivity contribution is 0.0582. The number of amides is 1. The van der Waals surface area contributed by atoms with E-state index in [1.807, 2.05) is 6.92 Å². The van der Waals surface area contributed by atoms with Crippen molar-refractivity contribution in [2.24, 2.45) is 0 Å². The molecule has 0 aliphatic heterocycles. The summed E-state index contributed by atoms with van der Waals surface area (Å²) in [7, 11) is 0. The summed E-state index contributed by atoms with van der Waals surface area (Å²) in [5.41, 5.74) is 6.87. The Hall–Kier alpha value is -1.75. The number of carbonyl (C=O) groups is 1. The van der Waals surface area contributed by atoms with Crippen LogP contribution in [-0.4, -0.2) is 31.8 Å². The minimum absolute atomic E-state index is 0.139. The molecule has 0 unspecified atom stereocenters. The Kier molecular flexibility index (Phi) is 5.87. The minimum Gasteiger partial charge on any atom is -0.492 e. The highest BCUT2D eigenvalue weighted by Crippen LogP contribution is 2.22. The number of nitrogens with one attached hydrogen (secondary N) is 1. The van der Waals surface area contributed by atoms with Gasteiger partial charge >= 0.3 is 0 Å². The third-order valence-electron chi connectivity index (χ3n) is 3.62. The van der Waals surface area contributed by atoms with Crippen LogP contribution in [-0.2, 0) is 4.74 Å². The molecule has 1 fully saturated rings. The zero-order valence-corrected chi connectivity index (χ0v) is 12.6. The first-order chi connectivity index (χ1) is 10.2. The fraction of sp³-hybridized carbons (Fsp3) is 0.562. The first-order valence-corrected chi connectivity index (χ1v) is 7.63. The molecule has 2 rings (SSSR count). The summed E-state index contributed by atoms with van der Waals surface area (Å²) >= 11 is 0. The van der Waals surface area contributed by atoms with Gasteiger partial charge in [0, 0.05) is 12.1 Å². The molecule has 0 saturated heterocycles. The van der Waals surface area contributed by atoms with Gasteiger partial charge in [0.15, 0.2) is 0 Å². The number of carbonyl (C=O) groups excluding carboxylic acids is 1. The molecule has 5 heteroatoms. The van der Waals surface area contributed by atoms with Crippen molar-refractivity contribution in [3.05, 3.63) is 23.8 Å². The highest BCUT2D eigenvalue weighted by atomic mass is 16.5. The number of hydrogen-bond acceptors (Lipinski definition) is 4. The SMILES string of the molecule is CCOc1ccc(C(=O)NCCOC2CCCC2)cc1N. The van der Waals surface area contributed by atoms with E-state index in [0.717, 1.165) is 12.8 Å². The molecular formula is C16H24N2O3. The monoisotopic (exact) mass is 292 g/mol. The summed E-state index contributed by atoms with van der Waals surface area (Å²) in [5, 5.41) is 2.84. The summed E-state index contributed by atoms with van der Waals surface area (Å²) in [6, 6.07) is 5.08. The number of nitrogen functional groups attached to an aromatic ring is 1. The van der Waals surface area contributed by atoms with Gasteiger partial charge in [0.1, 0.15) is 5.75 Å². The van der Waals surface area contributed by atoms with Crippen molar-refractivity contribution in [3.8, 4) is 5.75 Å². The maximum absolute atomic E-state index is 12.0. The normalized spacial score (nSPS) is 15.1. The standard InChI is InChI=1S/C16H24N2O3/c1-2-20-15-8-7-12(11-14(15)17)16(19)18-9-10-21-13-5-3-4-6-13/h7-8,11,13H,2-6,9-10,17H2,1H3,(H,18,19). The highest BCUT2D eigenvalue weighted by molar-refractivity contribution is 5.95. The molecule has 1 aliphatic rings.